The summed E-state index contributed by atoms with van der Waals surface area (Å²) in [6, 6.07) is 3.87. The van der Waals surface area contributed by atoms with Crippen molar-refractivity contribution in [1.82, 2.24) is 0 Å². The molecule has 1 N–H and O–H groups in total. The summed E-state index contributed by atoms with van der Waals surface area (Å²) in [5.41, 5.74) is 0.121. The van der Waals surface area contributed by atoms with E-state index in [9.17, 15) is 23.1 Å². The monoisotopic (exact) mass is 320 g/mol. The van der Waals surface area contributed by atoms with Crippen LogP contribution < -0.4 is 4.90 Å². The van der Waals surface area contributed by atoms with Crippen LogP contribution in [0.25, 0.3) is 0 Å². The zero-order chi connectivity index (χ0) is 15.8. The minimum absolute atomic E-state index is 0.00907. The van der Waals surface area contributed by atoms with Gasteiger partial charge in [0.2, 0.25) is 0 Å². The van der Waals surface area contributed by atoms with E-state index in [4.69, 9.17) is 16.9 Å². The molecule has 5 nitrogen and oxygen atoms in total. The molecule has 2 rings (SSSR count). The highest BCUT2D eigenvalue weighted by atomic mass is 35.5. The summed E-state index contributed by atoms with van der Waals surface area (Å²) in [4.78, 5) is 12.3. The molecular formula is C12H8ClF3N2O3. The number of nitrogens with zero attached hydrogens (tertiary/aromatic N) is 2. The van der Waals surface area contributed by atoms with Gasteiger partial charge in [-0.1, -0.05) is 11.6 Å². The van der Waals surface area contributed by atoms with Crippen molar-refractivity contribution in [3.63, 3.8) is 0 Å². The Morgan fingerprint density at radius 1 is 1.52 bits per heavy atom. The Morgan fingerprint density at radius 3 is 2.71 bits per heavy atom. The predicted octanol–water partition coefficient (Wildman–Crippen LogP) is 2.46. The van der Waals surface area contributed by atoms with E-state index in [1.165, 1.54) is 18.2 Å². The third-order valence-electron chi connectivity index (χ3n) is 2.96. The lowest BCUT2D eigenvalue weighted by Gasteiger charge is -2.27. The third-order valence-corrected chi connectivity index (χ3v) is 3.27. The molecule has 1 amide bonds. The number of alkyl halides is 3. The molecule has 1 unspecified atom stereocenters. The molecule has 112 valence electrons. The van der Waals surface area contributed by atoms with Gasteiger partial charge in [0, 0.05) is 5.69 Å². The summed E-state index contributed by atoms with van der Waals surface area (Å²) in [6.45, 7) is -0.600. The van der Waals surface area contributed by atoms with Crippen LogP contribution in [0.5, 0.6) is 0 Å². The number of benzene rings is 1. The van der Waals surface area contributed by atoms with Crippen LogP contribution in [-0.4, -0.2) is 36.1 Å². The van der Waals surface area contributed by atoms with Gasteiger partial charge in [0.05, 0.1) is 10.6 Å². The van der Waals surface area contributed by atoms with Crippen LogP contribution in [0.2, 0.25) is 5.02 Å². The van der Waals surface area contributed by atoms with Crippen LogP contribution in [0.4, 0.5) is 23.7 Å². The molecule has 0 radical (unpaired) electrons. The van der Waals surface area contributed by atoms with E-state index < -0.39 is 31.0 Å². The second-order valence-electron chi connectivity index (χ2n) is 4.28. The van der Waals surface area contributed by atoms with Crippen molar-refractivity contribution in [3.05, 3.63) is 28.8 Å². The lowest BCUT2D eigenvalue weighted by atomic mass is 10.1. The Balaban J connectivity index is 2.38. The number of nitriles is 1. The second kappa shape index (κ2) is 5.42. The van der Waals surface area contributed by atoms with Crippen LogP contribution in [0.15, 0.2) is 18.2 Å². The number of rotatable bonds is 2. The number of anilines is 1. The largest absolute Gasteiger partial charge is 0.447 e. The highest BCUT2D eigenvalue weighted by molar-refractivity contribution is 6.32. The average molecular weight is 321 g/mol. The third kappa shape index (κ3) is 2.89. The van der Waals surface area contributed by atoms with Crippen molar-refractivity contribution in [2.24, 2.45) is 0 Å². The van der Waals surface area contributed by atoms with Gasteiger partial charge in [0.15, 0.2) is 6.10 Å². The van der Waals surface area contributed by atoms with Crippen molar-refractivity contribution in [3.8, 4) is 6.07 Å². The van der Waals surface area contributed by atoms with Crippen molar-refractivity contribution in [1.29, 1.82) is 5.26 Å². The first kappa shape index (κ1) is 15.4. The number of ether oxygens (including phenoxy) is 1. The maximum atomic E-state index is 12.6. The van der Waals surface area contributed by atoms with E-state index in [0.29, 0.717) is 4.90 Å². The standard InChI is InChI=1S/C12H8ClF3N2O3/c13-8-3-7(2-1-6(8)4-17)18-9(5-21-11(18)20)10(19)12(14,15)16/h1-3,9-10,19H,5H2/t9?,10-/m1/s1. The Hall–Kier alpha value is -1.98. The van der Waals surface area contributed by atoms with E-state index >= 15 is 0 Å². The predicted molar refractivity (Wildman–Crippen MR) is 65.8 cm³/mol. The molecular weight excluding hydrogens is 313 g/mol. The molecule has 21 heavy (non-hydrogen) atoms. The molecule has 1 saturated heterocycles. The minimum atomic E-state index is -4.90. The smallest absolute Gasteiger partial charge is 0.416 e. The molecule has 0 bridgehead atoms. The second-order valence-corrected chi connectivity index (χ2v) is 4.68. The van der Waals surface area contributed by atoms with Crippen LogP contribution in [-0.2, 0) is 4.74 Å². The molecule has 1 heterocycles. The number of hydrogen-bond donors (Lipinski definition) is 1. The molecule has 1 fully saturated rings. The summed E-state index contributed by atoms with van der Waals surface area (Å²) >= 11 is 5.79. The highest BCUT2D eigenvalue weighted by Gasteiger charge is 2.50. The normalized spacial score (nSPS) is 20.1. The molecule has 0 aliphatic carbocycles. The topological polar surface area (TPSA) is 73.6 Å². The lowest BCUT2D eigenvalue weighted by Crippen LogP contribution is -2.49. The van der Waals surface area contributed by atoms with E-state index in [1.54, 1.807) is 6.07 Å². The first-order valence-corrected chi connectivity index (χ1v) is 6.04. The van der Waals surface area contributed by atoms with E-state index in [0.717, 1.165) is 0 Å². The SMILES string of the molecule is N#Cc1ccc(N2C(=O)OCC2[C@@H](O)C(F)(F)F)cc1Cl. The Labute approximate surface area is 122 Å². The Kier molecular flexibility index (Phi) is 3.98. The van der Waals surface area contributed by atoms with Crippen LogP contribution in [0.3, 0.4) is 0 Å². The number of halogens is 4. The fourth-order valence-electron chi connectivity index (χ4n) is 1.93. The Bertz CT molecular complexity index is 615. The first-order valence-electron chi connectivity index (χ1n) is 5.66. The number of hydrogen-bond acceptors (Lipinski definition) is 4. The van der Waals surface area contributed by atoms with Crippen LogP contribution in [0.1, 0.15) is 5.56 Å². The van der Waals surface area contributed by atoms with Crippen LogP contribution in [0, 0.1) is 11.3 Å². The number of aliphatic hydroxyl groups is 1. The van der Waals surface area contributed by atoms with Crippen molar-refractivity contribution in [2.75, 3.05) is 11.5 Å². The molecule has 0 spiro atoms. The van der Waals surface area contributed by atoms with Crippen LogP contribution >= 0.6 is 11.6 Å². The molecule has 2 atom stereocenters. The summed E-state index contributed by atoms with van der Waals surface area (Å²) in [5.74, 6) is 0. The van der Waals surface area contributed by atoms with Gasteiger partial charge in [0.1, 0.15) is 18.7 Å². The molecule has 0 aromatic heterocycles. The molecule has 1 aromatic carbocycles. The lowest BCUT2D eigenvalue weighted by molar-refractivity contribution is -0.209. The maximum absolute atomic E-state index is 12.6. The summed E-state index contributed by atoms with van der Waals surface area (Å²) in [7, 11) is 0. The van der Waals surface area contributed by atoms with Crippen molar-refractivity contribution < 1.29 is 27.8 Å². The quantitative estimate of drug-likeness (QED) is 0.908. The number of carbonyl (C=O) groups excluding carboxylic acids is 1. The molecule has 1 aromatic rings. The molecule has 1 aliphatic rings. The van der Waals surface area contributed by atoms with E-state index in [-0.39, 0.29) is 16.3 Å². The number of aliphatic hydroxyl groups excluding tert-OH is 1. The van der Waals surface area contributed by atoms with Gasteiger partial charge in [-0.05, 0) is 18.2 Å². The summed E-state index contributed by atoms with van der Waals surface area (Å²) < 4.78 is 42.4. The molecule has 1 aliphatic heterocycles. The van der Waals surface area contributed by atoms with Crippen molar-refractivity contribution >= 4 is 23.4 Å². The zero-order valence-electron chi connectivity index (χ0n) is 10.3. The van der Waals surface area contributed by atoms with Gasteiger partial charge in [0.25, 0.3) is 0 Å². The highest BCUT2D eigenvalue weighted by Crippen LogP contribution is 2.33. The number of carbonyl (C=O) groups is 1. The van der Waals surface area contributed by atoms with Gasteiger partial charge in [-0.25, -0.2) is 4.79 Å². The van der Waals surface area contributed by atoms with Gasteiger partial charge in [-0.2, -0.15) is 18.4 Å². The first-order chi connectivity index (χ1) is 9.75. The molecule has 9 heteroatoms. The van der Waals surface area contributed by atoms with Gasteiger partial charge < -0.3 is 9.84 Å². The number of cyclic esters (lactones) is 1. The average Bonchev–Trinajstić information content (AvgIpc) is 2.78. The minimum Gasteiger partial charge on any atom is -0.447 e. The fourth-order valence-corrected chi connectivity index (χ4v) is 2.15. The number of amides is 1. The Morgan fingerprint density at radius 2 is 2.19 bits per heavy atom. The molecule has 0 saturated carbocycles. The van der Waals surface area contributed by atoms with Gasteiger partial charge >= 0.3 is 12.3 Å². The van der Waals surface area contributed by atoms with E-state index in [2.05, 4.69) is 4.74 Å². The summed E-state index contributed by atoms with van der Waals surface area (Å²) in [6.07, 6.45) is -8.67. The van der Waals surface area contributed by atoms with E-state index in [1.807, 2.05) is 0 Å². The fraction of sp³-hybridized carbons (Fsp3) is 0.333. The van der Waals surface area contributed by atoms with Gasteiger partial charge in [-0.15, -0.1) is 0 Å². The summed E-state index contributed by atoms with van der Waals surface area (Å²) in [5, 5.41) is 18.0. The zero-order valence-corrected chi connectivity index (χ0v) is 11.0. The van der Waals surface area contributed by atoms with Gasteiger partial charge in [-0.3, -0.25) is 4.90 Å². The maximum Gasteiger partial charge on any atom is 0.416 e. The van der Waals surface area contributed by atoms with Crippen molar-refractivity contribution in [2.45, 2.75) is 18.3 Å².